The van der Waals surface area contributed by atoms with Crippen LogP contribution in [0.4, 0.5) is 0 Å². The molecule has 16 heavy (non-hydrogen) atoms. The molecule has 1 rings (SSSR count). The summed E-state index contributed by atoms with van der Waals surface area (Å²) in [6, 6.07) is 7.76. The smallest absolute Gasteiger partial charge is 0.328 e. The molecule has 0 aliphatic rings. The molecule has 2 N–H and O–H groups in total. The minimum absolute atomic E-state index is 0.518. The average molecular weight is 221 g/mol. The molecule has 3 heteroatoms. The Morgan fingerprint density at radius 2 is 1.88 bits per heavy atom. The highest BCUT2D eigenvalue weighted by Crippen LogP contribution is 2.25. The SMILES string of the molecule is CCc1ccc(C(CC)(NC)C(=O)O)cc1. The molecular weight excluding hydrogens is 202 g/mol. The molecule has 0 radical (unpaired) electrons. The van der Waals surface area contributed by atoms with E-state index in [1.807, 2.05) is 31.2 Å². The molecule has 1 atom stereocenters. The van der Waals surface area contributed by atoms with Gasteiger partial charge in [-0.1, -0.05) is 38.1 Å². The van der Waals surface area contributed by atoms with E-state index in [4.69, 9.17) is 0 Å². The highest BCUT2D eigenvalue weighted by atomic mass is 16.4. The van der Waals surface area contributed by atoms with Crippen molar-refractivity contribution in [3.8, 4) is 0 Å². The fourth-order valence-corrected chi connectivity index (χ4v) is 1.93. The van der Waals surface area contributed by atoms with Crippen LogP contribution >= 0.6 is 0 Å². The van der Waals surface area contributed by atoms with Gasteiger partial charge in [0.1, 0.15) is 5.54 Å². The van der Waals surface area contributed by atoms with Crippen molar-refractivity contribution >= 4 is 5.97 Å². The standard InChI is InChI=1S/C13H19NO2/c1-4-10-6-8-11(9-7-10)13(5-2,14-3)12(15)16/h6-9,14H,4-5H2,1-3H3,(H,15,16). The summed E-state index contributed by atoms with van der Waals surface area (Å²) in [6.07, 6.45) is 1.48. The van der Waals surface area contributed by atoms with E-state index >= 15 is 0 Å². The number of nitrogens with one attached hydrogen (secondary N) is 1. The van der Waals surface area contributed by atoms with Crippen molar-refractivity contribution < 1.29 is 9.90 Å². The molecule has 0 aromatic heterocycles. The predicted octanol–water partition coefficient (Wildman–Crippen LogP) is 2.16. The van der Waals surface area contributed by atoms with Crippen LogP contribution in [0.15, 0.2) is 24.3 Å². The van der Waals surface area contributed by atoms with Crippen LogP contribution in [-0.4, -0.2) is 18.1 Å². The van der Waals surface area contributed by atoms with Crippen molar-refractivity contribution in [1.29, 1.82) is 0 Å². The molecule has 0 heterocycles. The fraction of sp³-hybridized carbons (Fsp3) is 0.462. The maximum absolute atomic E-state index is 11.4. The van der Waals surface area contributed by atoms with Gasteiger partial charge in [0.2, 0.25) is 0 Å². The molecule has 1 aromatic carbocycles. The zero-order valence-corrected chi connectivity index (χ0v) is 10.1. The maximum Gasteiger partial charge on any atom is 0.328 e. The predicted molar refractivity (Wildman–Crippen MR) is 64.5 cm³/mol. The van der Waals surface area contributed by atoms with Gasteiger partial charge < -0.3 is 10.4 Å². The van der Waals surface area contributed by atoms with Crippen molar-refractivity contribution in [3.63, 3.8) is 0 Å². The van der Waals surface area contributed by atoms with Gasteiger partial charge in [0, 0.05) is 0 Å². The fourth-order valence-electron chi connectivity index (χ4n) is 1.93. The van der Waals surface area contributed by atoms with E-state index < -0.39 is 11.5 Å². The molecule has 0 amide bonds. The highest BCUT2D eigenvalue weighted by Gasteiger charge is 2.36. The molecule has 1 aromatic rings. The summed E-state index contributed by atoms with van der Waals surface area (Å²) in [5.41, 5.74) is 1.06. The second-order valence-corrected chi connectivity index (χ2v) is 3.86. The average Bonchev–Trinajstić information content (AvgIpc) is 2.32. The Kier molecular flexibility index (Phi) is 4.07. The van der Waals surface area contributed by atoms with Crippen LogP contribution in [-0.2, 0) is 16.8 Å². The van der Waals surface area contributed by atoms with Gasteiger partial charge in [-0.25, -0.2) is 4.79 Å². The Hall–Kier alpha value is -1.35. The Labute approximate surface area is 96.5 Å². The maximum atomic E-state index is 11.4. The third-order valence-electron chi connectivity index (χ3n) is 3.18. The quantitative estimate of drug-likeness (QED) is 0.801. The summed E-state index contributed by atoms with van der Waals surface area (Å²) < 4.78 is 0. The van der Waals surface area contributed by atoms with Crippen LogP contribution in [0, 0.1) is 0 Å². The summed E-state index contributed by atoms with van der Waals surface area (Å²) in [5, 5.41) is 12.3. The Morgan fingerprint density at radius 3 is 2.19 bits per heavy atom. The van der Waals surface area contributed by atoms with E-state index in [1.165, 1.54) is 5.56 Å². The van der Waals surface area contributed by atoms with Gasteiger partial charge in [0.25, 0.3) is 0 Å². The molecule has 0 spiro atoms. The number of hydrogen-bond acceptors (Lipinski definition) is 2. The monoisotopic (exact) mass is 221 g/mol. The molecular formula is C13H19NO2. The van der Waals surface area contributed by atoms with Crippen LogP contribution in [0.1, 0.15) is 31.4 Å². The first kappa shape index (κ1) is 12.7. The number of likely N-dealkylation sites (N-methyl/N-ethyl adjacent to an activating group) is 1. The zero-order valence-electron chi connectivity index (χ0n) is 10.1. The van der Waals surface area contributed by atoms with Gasteiger partial charge in [-0.2, -0.15) is 0 Å². The van der Waals surface area contributed by atoms with Crippen molar-refractivity contribution in [3.05, 3.63) is 35.4 Å². The Balaban J connectivity index is 3.16. The summed E-state index contributed by atoms with van der Waals surface area (Å²) >= 11 is 0. The number of carboxylic acid groups (broad SMARTS) is 1. The van der Waals surface area contributed by atoms with Gasteiger partial charge in [-0.3, -0.25) is 0 Å². The van der Waals surface area contributed by atoms with Gasteiger partial charge in [-0.05, 0) is 31.0 Å². The zero-order chi connectivity index (χ0) is 12.2. The number of aliphatic carboxylic acids is 1. The molecule has 0 aliphatic heterocycles. The van der Waals surface area contributed by atoms with Crippen LogP contribution < -0.4 is 5.32 Å². The number of carboxylic acids is 1. The van der Waals surface area contributed by atoms with E-state index in [2.05, 4.69) is 12.2 Å². The first-order chi connectivity index (χ1) is 7.60. The third-order valence-corrected chi connectivity index (χ3v) is 3.18. The minimum atomic E-state index is -0.966. The lowest BCUT2D eigenvalue weighted by molar-refractivity contribution is -0.145. The molecule has 3 nitrogen and oxygen atoms in total. The van der Waals surface area contributed by atoms with Crippen LogP contribution in [0.2, 0.25) is 0 Å². The van der Waals surface area contributed by atoms with Crippen LogP contribution in [0.5, 0.6) is 0 Å². The number of rotatable bonds is 5. The lowest BCUT2D eigenvalue weighted by Gasteiger charge is -2.28. The minimum Gasteiger partial charge on any atom is -0.480 e. The number of carbonyl (C=O) groups is 1. The summed E-state index contributed by atoms with van der Waals surface area (Å²) in [4.78, 5) is 11.4. The second-order valence-electron chi connectivity index (χ2n) is 3.86. The largest absolute Gasteiger partial charge is 0.480 e. The van der Waals surface area contributed by atoms with Gasteiger partial charge in [0.15, 0.2) is 0 Å². The normalized spacial score (nSPS) is 14.4. The molecule has 0 saturated carbocycles. The number of hydrogen-bond donors (Lipinski definition) is 2. The molecule has 0 saturated heterocycles. The summed E-state index contributed by atoms with van der Waals surface area (Å²) in [6.45, 7) is 3.95. The Morgan fingerprint density at radius 1 is 1.31 bits per heavy atom. The van der Waals surface area contributed by atoms with Crippen LogP contribution in [0.3, 0.4) is 0 Å². The third kappa shape index (κ3) is 2.09. The Bertz CT molecular complexity index is 353. The van der Waals surface area contributed by atoms with Gasteiger partial charge in [0.05, 0.1) is 0 Å². The molecule has 1 unspecified atom stereocenters. The first-order valence-corrected chi connectivity index (χ1v) is 5.62. The van der Waals surface area contributed by atoms with E-state index in [0.29, 0.717) is 6.42 Å². The lowest BCUT2D eigenvalue weighted by atomic mass is 9.87. The van der Waals surface area contributed by atoms with Gasteiger partial charge in [-0.15, -0.1) is 0 Å². The molecule has 0 fully saturated rings. The van der Waals surface area contributed by atoms with E-state index in [-0.39, 0.29) is 0 Å². The van der Waals surface area contributed by atoms with Crippen molar-refractivity contribution in [2.75, 3.05) is 7.05 Å². The number of aryl methyl sites for hydroxylation is 1. The summed E-state index contributed by atoms with van der Waals surface area (Å²) in [7, 11) is 1.69. The topological polar surface area (TPSA) is 49.3 Å². The van der Waals surface area contributed by atoms with Crippen LogP contribution in [0.25, 0.3) is 0 Å². The molecule has 0 aliphatic carbocycles. The highest BCUT2D eigenvalue weighted by molar-refractivity contribution is 5.80. The lowest BCUT2D eigenvalue weighted by Crippen LogP contribution is -2.46. The van der Waals surface area contributed by atoms with Crippen molar-refractivity contribution in [1.82, 2.24) is 5.32 Å². The van der Waals surface area contributed by atoms with E-state index in [1.54, 1.807) is 7.05 Å². The first-order valence-electron chi connectivity index (χ1n) is 5.62. The van der Waals surface area contributed by atoms with E-state index in [0.717, 1.165) is 12.0 Å². The van der Waals surface area contributed by atoms with Gasteiger partial charge >= 0.3 is 5.97 Å². The molecule has 88 valence electrons. The number of benzene rings is 1. The van der Waals surface area contributed by atoms with Crippen molar-refractivity contribution in [2.24, 2.45) is 0 Å². The summed E-state index contributed by atoms with van der Waals surface area (Å²) in [5.74, 6) is -0.832. The second kappa shape index (κ2) is 5.12. The van der Waals surface area contributed by atoms with E-state index in [9.17, 15) is 9.90 Å². The van der Waals surface area contributed by atoms with Crippen molar-refractivity contribution in [2.45, 2.75) is 32.2 Å². The molecule has 0 bridgehead atoms.